The van der Waals surface area contributed by atoms with Gasteiger partial charge in [0, 0.05) is 31.7 Å². The first-order valence-corrected chi connectivity index (χ1v) is 9.97. The van der Waals surface area contributed by atoms with Gasteiger partial charge >= 0.3 is 0 Å². The molecule has 0 aromatic heterocycles. The van der Waals surface area contributed by atoms with Crippen molar-refractivity contribution in [3.63, 3.8) is 0 Å². The first-order valence-electron chi connectivity index (χ1n) is 8.53. The van der Waals surface area contributed by atoms with Gasteiger partial charge in [0.2, 0.25) is 10.0 Å². The summed E-state index contributed by atoms with van der Waals surface area (Å²) < 4.78 is 26.9. The molecule has 1 aliphatic rings. The van der Waals surface area contributed by atoms with Crippen LogP contribution in [0.25, 0.3) is 0 Å². The minimum Gasteiger partial charge on any atom is -0.339 e. The number of rotatable bonds is 6. The highest BCUT2D eigenvalue weighted by molar-refractivity contribution is 7.89. The number of hydrogen-bond acceptors (Lipinski definition) is 4. The van der Waals surface area contributed by atoms with Crippen molar-refractivity contribution in [3.05, 3.63) is 29.8 Å². The van der Waals surface area contributed by atoms with Crippen molar-refractivity contribution in [1.29, 1.82) is 0 Å². The van der Waals surface area contributed by atoms with Gasteiger partial charge in [0.05, 0.1) is 4.90 Å². The van der Waals surface area contributed by atoms with Crippen LogP contribution in [-0.2, 0) is 10.0 Å². The van der Waals surface area contributed by atoms with Gasteiger partial charge in [-0.1, -0.05) is 0 Å². The number of carbonyl (C=O) groups excluding carboxylic acids is 1. The molecule has 1 saturated heterocycles. The third kappa shape index (κ3) is 3.96. The van der Waals surface area contributed by atoms with Crippen LogP contribution in [0.1, 0.15) is 37.0 Å². The minimum absolute atomic E-state index is 0.0762. The quantitative estimate of drug-likeness (QED) is 0.840. The van der Waals surface area contributed by atoms with Crippen molar-refractivity contribution in [3.8, 4) is 0 Å². The molecule has 24 heavy (non-hydrogen) atoms. The molecule has 1 aromatic carbocycles. The van der Waals surface area contributed by atoms with Crippen molar-refractivity contribution in [2.75, 3.05) is 32.7 Å². The zero-order valence-electron chi connectivity index (χ0n) is 14.4. The van der Waals surface area contributed by atoms with Crippen LogP contribution in [0.4, 0.5) is 0 Å². The van der Waals surface area contributed by atoms with Crippen molar-refractivity contribution in [2.45, 2.75) is 31.6 Å². The van der Waals surface area contributed by atoms with Gasteiger partial charge in [0.15, 0.2) is 0 Å². The fraction of sp³-hybridized carbons (Fsp3) is 0.588. The first kappa shape index (κ1) is 18.9. The Hall–Kier alpha value is -1.44. The summed E-state index contributed by atoms with van der Waals surface area (Å²) in [6.45, 7) is 6.72. The lowest BCUT2D eigenvalue weighted by atomic mass is 9.99. The molecule has 0 aliphatic carbocycles. The molecule has 0 atom stereocenters. The molecule has 2 rings (SSSR count). The number of carbonyl (C=O) groups is 1. The van der Waals surface area contributed by atoms with Crippen molar-refractivity contribution < 1.29 is 13.2 Å². The number of amides is 1. The summed E-state index contributed by atoms with van der Waals surface area (Å²) in [5, 5.41) is 0. The van der Waals surface area contributed by atoms with Gasteiger partial charge in [-0.3, -0.25) is 4.79 Å². The first-order chi connectivity index (χ1) is 11.4. The fourth-order valence-corrected chi connectivity index (χ4v) is 4.47. The van der Waals surface area contributed by atoms with Crippen LogP contribution in [-0.4, -0.2) is 56.3 Å². The monoisotopic (exact) mass is 353 g/mol. The van der Waals surface area contributed by atoms with E-state index in [9.17, 15) is 13.2 Å². The largest absolute Gasteiger partial charge is 0.339 e. The maximum absolute atomic E-state index is 12.7. The van der Waals surface area contributed by atoms with E-state index in [-0.39, 0.29) is 10.8 Å². The summed E-state index contributed by atoms with van der Waals surface area (Å²) in [6, 6.07) is 6.25. The minimum atomic E-state index is -3.50. The van der Waals surface area contributed by atoms with E-state index in [0.717, 1.165) is 12.8 Å². The highest BCUT2D eigenvalue weighted by Gasteiger charge is 2.29. The smallest absolute Gasteiger partial charge is 0.253 e. The van der Waals surface area contributed by atoms with Crippen molar-refractivity contribution in [1.82, 2.24) is 9.21 Å². The van der Waals surface area contributed by atoms with E-state index in [4.69, 9.17) is 5.73 Å². The molecule has 0 unspecified atom stereocenters. The SMILES string of the molecule is CCN(CC)C(=O)c1ccc(S(=O)(=O)N2CCC(CN)CC2)cc1. The Morgan fingerprint density at radius 2 is 1.71 bits per heavy atom. The van der Waals surface area contributed by atoms with Gasteiger partial charge in [-0.15, -0.1) is 0 Å². The van der Waals surface area contributed by atoms with Gasteiger partial charge in [-0.25, -0.2) is 8.42 Å². The van der Waals surface area contributed by atoms with E-state index in [0.29, 0.717) is 44.2 Å². The van der Waals surface area contributed by atoms with E-state index >= 15 is 0 Å². The third-order valence-corrected chi connectivity index (χ3v) is 6.61. The molecule has 1 aliphatic heterocycles. The predicted molar refractivity (Wildman–Crippen MR) is 94.2 cm³/mol. The third-order valence-electron chi connectivity index (χ3n) is 4.70. The Bertz CT molecular complexity index is 646. The van der Waals surface area contributed by atoms with E-state index in [2.05, 4.69) is 0 Å². The zero-order chi connectivity index (χ0) is 17.7. The van der Waals surface area contributed by atoms with E-state index < -0.39 is 10.0 Å². The van der Waals surface area contributed by atoms with Gasteiger partial charge < -0.3 is 10.6 Å². The summed E-state index contributed by atoms with van der Waals surface area (Å²) in [4.78, 5) is 14.2. The van der Waals surface area contributed by atoms with Crippen LogP contribution in [0.5, 0.6) is 0 Å². The molecular formula is C17H27N3O3S. The van der Waals surface area contributed by atoms with E-state index in [1.165, 1.54) is 16.4 Å². The topological polar surface area (TPSA) is 83.7 Å². The summed E-state index contributed by atoms with van der Waals surface area (Å²) in [5.41, 5.74) is 6.17. The highest BCUT2D eigenvalue weighted by atomic mass is 32.2. The second-order valence-corrected chi connectivity index (χ2v) is 8.02. The maximum Gasteiger partial charge on any atom is 0.253 e. The van der Waals surface area contributed by atoms with E-state index in [1.807, 2.05) is 13.8 Å². The number of benzene rings is 1. The number of nitrogens with zero attached hydrogens (tertiary/aromatic N) is 2. The normalized spacial score (nSPS) is 17.0. The number of piperidine rings is 1. The van der Waals surface area contributed by atoms with Crippen LogP contribution in [0.3, 0.4) is 0 Å². The van der Waals surface area contributed by atoms with Crippen LogP contribution in [0, 0.1) is 5.92 Å². The molecule has 0 saturated carbocycles. The molecule has 1 aromatic rings. The highest BCUT2D eigenvalue weighted by Crippen LogP contribution is 2.23. The molecule has 0 spiro atoms. The second-order valence-electron chi connectivity index (χ2n) is 6.08. The predicted octanol–water partition coefficient (Wildman–Crippen LogP) is 1.53. The lowest BCUT2D eigenvalue weighted by Gasteiger charge is -2.30. The lowest BCUT2D eigenvalue weighted by Crippen LogP contribution is -2.40. The number of nitrogens with two attached hydrogens (primary N) is 1. The molecule has 2 N–H and O–H groups in total. The van der Waals surface area contributed by atoms with Crippen LogP contribution < -0.4 is 5.73 Å². The summed E-state index contributed by atoms with van der Waals surface area (Å²) in [6.07, 6.45) is 1.60. The van der Waals surface area contributed by atoms with Crippen LogP contribution >= 0.6 is 0 Å². The van der Waals surface area contributed by atoms with Crippen molar-refractivity contribution >= 4 is 15.9 Å². The number of sulfonamides is 1. The Kier molecular flexibility index (Phi) is 6.37. The molecule has 7 heteroatoms. The standard InChI is InChI=1S/C17H27N3O3S/c1-3-19(4-2)17(21)15-5-7-16(8-6-15)24(22,23)20-11-9-14(13-18)10-12-20/h5-8,14H,3-4,9-13,18H2,1-2H3. The average molecular weight is 353 g/mol. The Morgan fingerprint density at radius 1 is 1.17 bits per heavy atom. The zero-order valence-corrected chi connectivity index (χ0v) is 15.3. The molecule has 6 nitrogen and oxygen atoms in total. The molecule has 0 bridgehead atoms. The summed E-state index contributed by atoms with van der Waals surface area (Å²) >= 11 is 0. The maximum atomic E-state index is 12.7. The lowest BCUT2D eigenvalue weighted by molar-refractivity contribution is 0.0773. The number of hydrogen-bond donors (Lipinski definition) is 1. The molecular weight excluding hydrogens is 326 g/mol. The Labute approximate surface area is 144 Å². The van der Waals surface area contributed by atoms with Gasteiger partial charge in [0.25, 0.3) is 5.91 Å². The van der Waals surface area contributed by atoms with Crippen LogP contribution in [0.15, 0.2) is 29.2 Å². The Balaban J connectivity index is 2.13. The molecule has 1 amide bonds. The Morgan fingerprint density at radius 3 is 2.17 bits per heavy atom. The molecule has 1 fully saturated rings. The second kappa shape index (κ2) is 8.09. The molecule has 0 radical (unpaired) electrons. The van der Waals surface area contributed by atoms with E-state index in [1.54, 1.807) is 17.0 Å². The van der Waals surface area contributed by atoms with Gasteiger partial charge in [0.1, 0.15) is 0 Å². The summed E-state index contributed by atoms with van der Waals surface area (Å²) in [7, 11) is -3.50. The fourth-order valence-electron chi connectivity index (χ4n) is 3.00. The average Bonchev–Trinajstić information content (AvgIpc) is 2.62. The molecule has 1 heterocycles. The van der Waals surface area contributed by atoms with Gasteiger partial charge in [-0.2, -0.15) is 4.31 Å². The van der Waals surface area contributed by atoms with Crippen LogP contribution in [0.2, 0.25) is 0 Å². The summed E-state index contributed by atoms with van der Waals surface area (Å²) in [5.74, 6) is 0.332. The molecule has 134 valence electrons. The van der Waals surface area contributed by atoms with Gasteiger partial charge in [-0.05, 0) is 63.4 Å². The van der Waals surface area contributed by atoms with Crippen molar-refractivity contribution in [2.24, 2.45) is 11.7 Å².